The molecule has 130 valence electrons. The Kier molecular flexibility index (Phi) is 5.93. The van der Waals surface area contributed by atoms with Crippen molar-refractivity contribution in [1.29, 1.82) is 0 Å². The second-order valence-electron chi connectivity index (χ2n) is 8.65. The van der Waals surface area contributed by atoms with Gasteiger partial charge < -0.3 is 0 Å². The van der Waals surface area contributed by atoms with Gasteiger partial charge in [-0.1, -0.05) is 51.9 Å². The summed E-state index contributed by atoms with van der Waals surface area (Å²) in [7, 11) is 0. The predicted molar refractivity (Wildman–Crippen MR) is 93.2 cm³/mol. The van der Waals surface area contributed by atoms with Crippen LogP contribution in [-0.2, 0) is 9.59 Å². The van der Waals surface area contributed by atoms with Crippen LogP contribution < -0.4 is 0 Å². The number of carbonyl (C=O) groups is 2. The fourth-order valence-corrected chi connectivity index (χ4v) is 5.70. The second-order valence-corrected chi connectivity index (χ2v) is 8.65. The summed E-state index contributed by atoms with van der Waals surface area (Å²) in [5.41, 5.74) is 0. The van der Waals surface area contributed by atoms with Crippen LogP contribution in [0.15, 0.2) is 0 Å². The lowest BCUT2D eigenvalue weighted by atomic mass is 9.64. The van der Waals surface area contributed by atoms with Crippen LogP contribution in [0.4, 0.5) is 0 Å². The molecule has 0 aromatic heterocycles. The van der Waals surface area contributed by atoms with Crippen molar-refractivity contribution < 1.29 is 9.59 Å². The molecule has 2 heteroatoms. The van der Waals surface area contributed by atoms with Crippen LogP contribution in [0, 0.1) is 29.6 Å². The Morgan fingerprint density at radius 3 is 2.30 bits per heavy atom. The van der Waals surface area contributed by atoms with Crippen molar-refractivity contribution in [1.82, 2.24) is 0 Å². The molecule has 0 spiro atoms. The van der Waals surface area contributed by atoms with Gasteiger partial charge in [-0.15, -0.1) is 0 Å². The monoisotopic (exact) mass is 318 g/mol. The van der Waals surface area contributed by atoms with Crippen LogP contribution in [0.3, 0.4) is 0 Å². The minimum Gasteiger partial charge on any atom is -0.299 e. The van der Waals surface area contributed by atoms with Crippen LogP contribution in [0.1, 0.15) is 90.4 Å². The van der Waals surface area contributed by atoms with E-state index in [-0.39, 0.29) is 11.8 Å². The number of hydrogen-bond acceptors (Lipinski definition) is 2. The fourth-order valence-electron chi connectivity index (χ4n) is 5.70. The summed E-state index contributed by atoms with van der Waals surface area (Å²) >= 11 is 0. The first kappa shape index (κ1) is 17.2. The molecule has 3 fully saturated rings. The van der Waals surface area contributed by atoms with E-state index >= 15 is 0 Å². The molecule has 3 saturated carbocycles. The van der Waals surface area contributed by atoms with E-state index in [9.17, 15) is 9.59 Å². The van der Waals surface area contributed by atoms with Crippen molar-refractivity contribution in [3.63, 3.8) is 0 Å². The van der Waals surface area contributed by atoms with Crippen molar-refractivity contribution in [2.75, 3.05) is 0 Å². The molecule has 3 rings (SSSR count). The molecule has 2 nitrogen and oxygen atoms in total. The van der Waals surface area contributed by atoms with Crippen LogP contribution in [0.5, 0.6) is 0 Å². The van der Waals surface area contributed by atoms with E-state index in [1.807, 2.05) is 0 Å². The minimum atomic E-state index is 0.250. The maximum Gasteiger partial charge on any atom is 0.136 e. The molecule has 0 aromatic rings. The third-order valence-electron chi connectivity index (χ3n) is 7.00. The zero-order valence-electron chi connectivity index (χ0n) is 14.9. The Morgan fingerprint density at radius 2 is 1.48 bits per heavy atom. The van der Waals surface area contributed by atoms with Gasteiger partial charge in [0.25, 0.3) is 0 Å². The van der Waals surface area contributed by atoms with Gasteiger partial charge in [0.2, 0.25) is 0 Å². The number of ketones is 2. The van der Waals surface area contributed by atoms with Crippen LogP contribution in [0.2, 0.25) is 0 Å². The second kappa shape index (κ2) is 7.94. The van der Waals surface area contributed by atoms with Gasteiger partial charge in [-0.2, -0.15) is 0 Å². The number of fused-ring (bicyclic) bond motifs is 1. The first-order valence-corrected chi connectivity index (χ1v) is 10.2. The molecule has 0 radical (unpaired) electrons. The maximum atomic E-state index is 12.8. The van der Waals surface area contributed by atoms with Gasteiger partial charge in [0.15, 0.2) is 0 Å². The van der Waals surface area contributed by atoms with E-state index in [0.717, 1.165) is 25.2 Å². The normalized spacial score (nSPS) is 37.9. The molecular weight excluding hydrogens is 284 g/mol. The lowest BCUT2D eigenvalue weighted by Gasteiger charge is -2.40. The first-order chi connectivity index (χ1) is 11.1. The standard InChI is InChI=1S/C21H34O2/c1-15-6-4-9-17(14-15)20(22)12-13-21(23)19-11-5-8-16-7-2-3-10-18(16)19/h15-19H,2-14H2,1H3. The number of Topliss-reactive ketones (excluding diaryl/α,β-unsaturated/α-hetero) is 2. The summed E-state index contributed by atoms with van der Waals surface area (Å²) < 4.78 is 0. The van der Waals surface area contributed by atoms with E-state index < -0.39 is 0 Å². The van der Waals surface area contributed by atoms with E-state index in [1.54, 1.807) is 0 Å². The third kappa shape index (κ3) is 4.25. The van der Waals surface area contributed by atoms with Gasteiger partial charge in [0.1, 0.15) is 11.6 Å². The molecule has 0 aliphatic heterocycles. The molecule has 0 aromatic carbocycles. The topological polar surface area (TPSA) is 34.1 Å². The summed E-state index contributed by atoms with van der Waals surface area (Å²) in [5, 5.41) is 0. The highest BCUT2D eigenvalue weighted by Gasteiger charge is 2.38. The molecule has 0 N–H and O–H groups in total. The number of rotatable bonds is 5. The van der Waals surface area contributed by atoms with Crippen LogP contribution in [-0.4, -0.2) is 11.6 Å². The Labute approximate surface area is 141 Å². The summed E-state index contributed by atoms with van der Waals surface area (Å²) in [6.07, 6.45) is 14.6. The molecule has 23 heavy (non-hydrogen) atoms. The Morgan fingerprint density at radius 1 is 0.783 bits per heavy atom. The number of hydrogen-bond donors (Lipinski definition) is 0. The molecule has 0 amide bonds. The Bertz CT molecular complexity index is 426. The molecule has 3 aliphatic rings. The summed E-state index contributed by atoms with van der Waals surface area (Å²) in [5.74, 6) is 3.47. The molecular formula is C21H34O2. The predicted octanol–water partition coefficient (Wildman–Crippen LogP) is 5.34. The number of carbonyl (C=O) groups excluding carboxylic acids is 2. The lowest BCUT2D eigenvalue weighted by molar-refractivity contribution is -0.131. The summed E-state index contributed by atoms with van der Waals surface area (Å²) in [6, 6.07) is 0. The van der Waals surface area contributed by atoms with Gasteiger partial charge in [-0.3, -0.25) is 9.59 Å². The average Bonchev–Trinajstić information content (AvgIpc) is 2.59. The van der Waals surface area contributed by atoms with Crippen molar-refractivity contribution in [2.24, 2.45) is 29.6 Å². The van der Waals surface area contributed by atoms with Gasteiger partial charge in [0, 0.05) is 24.7 Å². The van der Waals surface area contributed by atoms with Gasteiger partial charge in [-0.25, -0.2) is 0 Å². The van der Waals surface area contributed by atoms with Crippen molar-refractivity contribution >= 4 is 11.6 Å². The molecule has 5 unspecified atom stereocenters. The zero-order valence-corrected chi connectivity index (χ0v) is 14.9. The lowest BCUT2D eigenvalue weighted by Crippen LogP contribution is -2.35. The van der Waals surface area contributed by atoms with Crippen LogP contribution in [0.25, 0.3) is 0 Å². The van der Waals surface area contributed by atoms with E-state index in [1.165, 1.54) is 51.4 Å². The average molecular weight is 319 g/mol. The van der Waals surface area contributed by atoms with Crippen molar-refractivity contribution in [3.8, 4) is 0 Å². The van der Waals surface area contributed by atoms with Gasteiger partial charge in [0.05, 0.1) is 0 Å². The molecule has 5 atom stereocenters. The quantitative estimate of drug-likeness (QED) is 0.686. The van der Waals surface area contributed by atoms with E-state index in [0.29, 0.717) is 36.2 Å². The van der Waals surface area contributed by atoms with Crippen molar-refractivity contribution in [2.45, 2.75) is 90.4 Å². The zero-order chi connectivity index (χ0) is 16.2. The molecule has 0 saturated heterocycles. The molecule has 3 aliphatic carbocycles. The van der Waals surface area contributed by atoms with E-state index in [2.05, 4.69) is 6.92 Å². The van der Waals surface area contributed by atoms with Crippen molar-refractivity contribution in [3.05, 3.63) is 0 Å². The highest BCUT2D eigenvalue weighted by Crippen LogP contribution is 2.44. The molecule has 0 heterocycles. The van der Waals surface area contributed by atoms with Gasteiger partial charge in [-0.05, 0) is 43.4 Å². The molecule has 0 bridgehead atoms. The Hall–Kier alpha value is -0.660. The fraction of sp³-hybridized carbons (Fsp3) is 0.905. The van der Waals surface area contributed by atoms with Crippen LogP contribution >= 0.6 is 0 Å². The highest BCUT2D eigenvalue weighted by molar-refractivity contribution is 5.88. The SMILES string of the molecule is CC1CCCC(C(=O)CCC(=O)C2CCCC3CCCCC32)C1. The summed E-state index contributed by atoms with van der Waals surface area (Å²) in [4.78, 5) is 25.2. The Balaban J connectivity index is 1.49. The minimum absolute atomic E-state index is 0.250. The summed E-state index contributed by atoms with van der Waals surface area (Å²) in [6.45, 7) is 2.26. The van der Waals surface area contributed by atoms with E-state index in [4.69, 9.17) is 0 Å². The van der Waals surface area contributed by atoms with Gasteiger partial charge >= 0.3 is 0 Å². The highest BCUT2D eigenvalue weighted by atomic mass is 16.1. The maximum absolute atomic E-state index is 12.8. The largest absolute Gasteiger partial charge is 0.299 e. The third-order valence-corrected chi connectivity index (χ3v) is 7.00. The first-order valence-electron chi connectivity index (χ1n) is 10.2. The smallest absolute Gasteiger partial charge is 0.136 e.